The highest BCUT2D eigenvalue weighted by molar-refractivity contribution is 7.88. The third kappa shape index (κ3) is 10.2. The standard InChI is InChI=1S/C18H22N6O3S.C13H12N4O2S.C6H14N2O2S/c1-28(26,27)23-7-5-14(6-8-23)21-18-20-11-13-9-12(10-19)17(25)24(16(13)22-18)15-3-2-4-15;1-20(19)13-15-7-9-5-8(6-14)12(18)17(11(9)16-13)10-3-2-4-10;1-11(9,10)8-4-2-6(7)3-5-8/h9,11,14-15H,2-8H2,1H3,(H,20,21,22);5,7,10H,2-4H2,1H3;6H,2-5,7H2,1H3. The topological polar surface area (TPSA) is 273 Å². The lowest BCUT2D eigenvalue weighted by atomic mass is 9.92. The summed E-state index contributed by atoms with van der Waals surface area (Å²) in [5, 5.41) is 23.1. The Morgan fingerprint density at radius 2 is 1.17 bits per heavy atom. The Bertz CT molecular complexity index is 2670. The molecular formula is C37H48N12O7S3. The SMILES string of the molecule is CS(=O)(=O)N1CCC(N)CC1.CS(=O)(=O)N1CCC(Nc2ncc3cc(C#N)c(=O)n(C4CCC4)c3n2)CC1.CS(=O)c1ncc2cc(C#N)c(=O)n(C3CCC3)c2n1. The summed E-state index contributed by atoms with van der Waals surface area (Å²) in [6.45, 7) is 2.09. The van der Waals surface area contributed by atoms with Crippen molar-refractivity contribution in [3.05, 3.63) is 56.4 Å². The van der Waals surface area contributed by atoms with Crippen LogP contribution in [0.1, 0.15) is 87.4 Å². The number of sulfonamides is 2. The highest BCUT2D eigenvalue weighted by Gasteiger charge is 2.28. The van der Waals surface area contributed by atoms with Crippen molar-refractivity contribution in [2.24, 2.45) is 5.73 Å². The minimum atomic E-state index is -3.16. The fourth-order valence-electron chi connectivity index (χ4n) is 7.28. The van der Waals surface area contributed by atoms with Crippen LogP contribution >= 0.6 is 0 Å². The molecule has 0 amide bonds. The molecule has 4 fully saturated rings. The monoisotopic (exact) mass is 868 g/mol. The van der Waals surface area contributed by atoms with Gasteiger partial charge in [-0.05, 0) is 76.3 Å². The summed E-state index contributed by atoms with van der Waals surface area (Å²) in [6.07, 6.45) is 15.7. The predicted molar refractivity (Wildman–Crippen MR) is 222 cm³/mol. The molecule has 22 heteroatoms. The molecule has 19 nitrogen and oxygen atoms in total. The number of fused-ring (bicyclic) bond motifs is 2. The van der Waals surface area contributed by atoms with Crippen molar-refractivity contribution in [1.82, 2.24) is 37.7 Å². The molecule has 0 aromatic carbocycles. The Hall–Kier alpha value is -4.71. The number of piperidine rings is 2. The number of nitrogens with two attached hydrogens (primary N) is 1. The van der Waals surface area contributed by atoms with E-state index in [9.17, 15) is 35.9 Å². The third-order valence-electron chi connectivity index (χ3n) is 11.1. The average molecular weight is 869 g/mol. The van der Waals surface area contributed by atoms with Gasteiger partial charge in [-0.2, -0.15) is 15.5 Å². The molecule has 4 aromatic heterocycles. The van der Waals surface area contributed by atoms with Crippen molar-refractivity contribution in [2.75, 3.05) is 50.3 Å². The van der Waals surface area contributed by atoms with Gasteiger partial charge in [-0.3, -0.25) is 22.9 Å². The predicted octanol–water partition coefficient (Wildman–Crippen LogP) is 1.72. The zero-order chi connectivity index (χ0) is 42.6. The first kappa shape index (κ1) is 43.9. The van der Waals surface area contributed by atoms with E-state index in [1.54, 1.807) is 21.4 Å². The Morgan fingerprint density at radius 1 is 0.729 bits per heavy atom. The van der Waals surface area contributed by atoms with Gasteiger partial charge in [0.05, 0.1) is 23.3 Å². The zero-order valence-electron chi connectivity index (χ0n) is 33.2. The molecule has 1 atom stereocenters. The second kappa shape index (κ2) is 18.3. The van der Waals surface area contributed by atoms with Gasteiger partial charge in [0.15, 0.2) is 0 Å². The lowest BCUT2D eigenvalue weighted by Gasteiger charge is -2.31. The van der Waals surface area contributed by atoms with Crippen LogP contribution < -0.4 is 22.2 Å². The van der Waals surface area contributed by atoms with Crippen LogP contribution in [0.15, 0.2) is 39.3 Å². The van der Waals surface area contributed by atoms with E-state index < -0.39 is 30.8 Å². The van der Waals surface area contributed by atoms with E-state index in [-0.39, 0.29) is 51.6 Å². The maximum atomic E-state index is 12.7. The number of hydrogen-bond donors (Lipinski definition) is 2. The number of aromatic nitrogens is 6. The summed E-state index contributed by atoms with van der Waals surface area (Å²) in [5.74, 6) is 0.419. The van der Waals surface area contributed by atoms with Gasteiger partial charge in [0, 0.05) is 79.8 Å². The second-order valence-electron chi connectivity index (χ2n) is 15.3. The van der Waals surface area contributed by atoms with Crippen molar-refractivity contribution in [1.29, 1.82) is 10.5 Å². The largest absolute Gasteiger partial charge is 0.351 e. The molecule has 59 heavy (non-hydrogen) atoms. The third-order valence-corrected chi connectivity index (χ3v) is 14.4. The van der Waals surface area contributed by atoms with Crippen LogP contribution in [0.5, 0.6) is 0 Å². The quantitative estimate of drug-likeness (QED) is 0.250. The van der Waals surface area contributed by atoms with Crippen molar-refractivity contribution in [2.45, 2.75) is 93.5 Å². The molecule has 1 unspecified atom stereocenters. The fourth-order valence-corrected chi connectivity index (χ4v) is 9.45. The van der Waals surface area contributed by atoms with E-state index in [0.717, 1.165) is 51.4 Å². The highest BCUT2D eigenvalue weighted by Crippen LogP contribution is 2.33. The van der Waals surface area contributed by atoms with Gasteiger partial charge in [0.25, 0.3) is 11.1 Å². The summed E-state index contributed by atoms with van der Waals surface area (Å²) in [4.78, 5) is 42.2. The molecule has 2 aliphatic carbocycles. The Kier molecular flexibility index (Phi) is 13.6. The average Bonchev–Trinajstić information content (AvgIpc) is 3.15. The van der Waals surface area contributed by atoms with E-state index in [0.29, 0.717) is 67.0 Å². The molecule has 6 heterocycles. The van der Waals surface area contributed by atoms with E-state index in [1.165, 1.54) is 39.6 Å². The van der Waals surface area contributed by atoms with Crippen LogP contribution in [0.3, 0.4) is 0 Å². The van der Waals surface area contributed by atoms with E-state index in [4.69, 9.17) is 11.0 Å². The molecular weight excluding hydrogens is 821 g/mol. The first-order valence-electron chi connectivity index (χ1n) is 19.4. The first-order valence-corrected chi connectivity index (χ1v) is 24.6. The molecule has 0 spiro atoms. The van der Waals surface area contributed by atoms with E-state index >= 15 is 0 Å². The van der Waals surface area contributed by atoms with Crippen LogP contribution in [0.25, 0.3) is 22.1 Å². The van der Waals surface area contributed by atoms with Gasteiger partial charge in [0.1, 0.15) is 34.6 Å². The van der Waals surface area contributed by atoms with Gasteiger partial charge in [-0.1, -0.05) is 0 Å². The van der Waals surface area contributed by atoms with E-state index in [1.807, 2.05) is 12.1 Å². The van der Waals surface area contributed by atoms with Crippen LogP contribution in [-0.4, -0.2) is 116 Å². The zero-order valence-corrected chi connectivity index (χ0v) is 35.6. The van der Waals surface area contributed by atoms with Crippen molar-refractivity contribution >= 4 is 58.9 Å². The van der Waals surface area contributed by atoms with E-state index in [2.05, 4.69) is 25.3 Å². The molecule has 4 aromatic rings. The number of hydrogen-bond acceptors (Lipinski definition) is 15. The summed E-state index contributed by atoms with van der Waals surface area (Å²) in [7, 11) is -7.44. The Morgan fingerprint density at radius 3 is 1.58 bits per heavy atom. The molecule has 0 bridgehead atoms. The van der Waals surface area contributed by atoms with Crippen molar-refractivity contribution in [3.8, 4) is 12.1 Å². The molecule has 2 saturated carbocycles. The normalized spacial score (nSPS) is 19.2. The fraction of sp³-hybridized carbons (Fsp3) is 0.568. The van der Waals surface area contributed by atoms with Gasteiger partial charge in [0.2, 0.25) is 31.2 Å². The Balaban J connectivity index is 0.000000164. The molecule has 0 radical (unpaired) electrons. The molecule has 316 valence electrons. The first-order chi connectivity index (χ1) is 28.0. The summed E-state index contributed by atoms with van der Waals surface area (Å²) in [6, 6.07) is 7.33. The van der Waals surface area contributed by atoms with Crippen LogP contribution in [0.4, 0.5) is 5.95 Å². The summed E-state index contributed by atoms with van der Waals surface area (Å²) in [5.41, 5.74) is 6.21. The maximum absolute atomic E-state index is 12.7. The summed E-state index contributed by atoms with van der Waals surface area (Å²) >= 11 is 0. The lowest BCUT2D eigenvalue weighted by Crippen LogP contribution is -2.42. The lowest BCUT2D eigenvalue weighted by molar-refractivity contribution is 0.312. The Labute approximate surface area is 344 Å². The minimum absolute atomic E-state index is 0.0673. The summed E-state index contributed by atoms with van der Waals surface area (Å²) < 4.78 is 62.9. The van der Waals surface area contributed by atoms with Gasteiger partial charge in [-0.25, -0.2) is 40.4 Å². The molecule has 2 aliphatic heterocycles. The maximum Gasteiger partial charge on any atom is 0.270 e. The smallest absolute Gasteiger partial charge is 0.270 e. The number of pyridine rings is 2. The highest BCUT2D eigenvalue weighted by atomic mass is 32.2. The van der Waals surface area contributed by atoms with Crippen molar-refractivity contribution in [3.63, 3.8) is 0 Å². The number of nitrogens with one attached hydrogen (secondary N) is 1. The number of nitriles is 2. The van der Waals surface area contributed by atoms with Crippen LogP contribution in [0, 0.1) is 22.7 Å². The van der Waals surface area contributed by atoms with Gasteiger partial charge in [-0.15, -0.1) is 0 Å². The van der Waals surface area contributed by atoms with Crippen LogP contribution in [-0.2, 0) is 30.8 Å². The number of rotatable bonds is 7. The molecule has 8 rings (SSSR count). The second-order valence-corrected chi connectivity index (χ2v) is 20.5. The minimum Gasteiger partial charge on any atom is -0.351 e. The number of anilines is 1. The molecule has 2 saturated heterocycles. The van der Waals surface area contributed by atoms with Crippen LogP contribution in [0.2, 0.25) is 0 Å². The molecule has 3 N–H and O–H groups in total. The van der Waals surface area contributed by atoms with Gasteiger partial charge < -0.3 is 11.1 Å². The van der Waals surface area contributed by atoms with Crippen molar-refractivity contribution < 1.29 is 21.0 Å². The van der Waals surface area contributed by atoms with Gasteiger partial charge >= 0.3 is 0 Å². The number of nitrogens with zero attached hydrogens (tertiary/aromatic N) is 10. The molecule has 4 aliphatic rings.